The molecule has 1 amide bonds. The first-order valence-electron chi connectivity index (χ1n) is 10.3. The Labute approximate surface area is 204 Å². The third-order valence-corrected chi connectivity index (χ3v) is 6.25. The SMILES string of the molecule is COC(=O)c1ccc2c(=O)n(-c3ccccc3)c(SCC(=O)Nc3cc(Cl)ccc3C)nc2c1. The summed E-state index contributed by atoms with van der Waals surface area (Å²) in [7, 11) is 1.29. The first-order chi connectivity index (χ1) is 16.4. The maximum Gasteiger partial charge on any atom is 0.337 e. The van der Waals surface area contributed by atoms with E-state index in [0.29, 0.717) is 32.5 Å². The highest BCUT2D eigenvalue weighted by Crippen LogP contribution is 2.24. The molecule has 1 N–H and O–H groups in total. The molecule has 172 valence electrons. The maximum atomic E-state index is 13.4. The van der Waals surface area contributed by atoms with E-state index in [1.807, 2.05) is 31.2 Å². The van der Waals surface area contributed by atoms with Crippen LogP contribution in [0.5, 0.6) is 0 Å². The van der Waals surface area contributed by atoms with E-state index in [0.717, 1.165) is 17.3 Å². The van der Waals surface area contributed by atoms with E-state index in [-0.39, 0.29) is 22.8 Å². The van der Waals surface area contributed by atoms with Crippen LogP contribution in [0.15, 0.2) is 76.7 Å². The maximum absolute atomic E-state index is 13.4. The molecule has 0 aliphatic carbocycles. The molecule has 0 saturated heterocycles. The number of amides is 1. The van der Waals surface area contributed by atoms with Crippen LogP contribution >= 0.6 is 23.4 Å². The Bertz CT molecular complexity index is 1450. The lowest BCUT2D eigenvalue weighted by Crippen LogP contribution is -2.23. The van der Waals surface area contributed by atoms with Crippen LogP contribution in [0.1, 0.15) is 15.9 Å². The lowest BCUT2D eigenvalue weighted by molar-refractivity contribution is -0.113. The molecule has 9 heteroatoms. The molecule has 4 aromatic rings. The summed E-state index contributed by atoms with van der Waals surface area (Å²) in [5.74, 6) is -0.790. The summed E-state index contributed by atoms with van der Waals surface area (Å²) >= 11 is 7.16. The van der Waals surface area contributed by atoms with Crippen LogP contribution in [0.25, 0.3) is 16.6 Å². The van der Waals surface area contributed by atoms with E-state index in [2.05, 4.69) is 10.3 Å². The molecule has 0 radical (unpaired) electrons. The number of aryl methyl sites for hydroxylation is 1. The van der Waals surface area contributed by atoms with Gasteiger partial charge in [0.2, 0.25) is 5.91 Å². The van der Waals surface area contributed by atoms with E-state index in [4.69, 9.17) is 16.3 Å². The minimum absolute atomic E-state index is 0.00737. The summed E-state index contributed by atoms with van der Waals surface area (Å²) in [6.45, 7) is 1.87. The zero-order chi connectivity index (χ0) is 24.2. The van der Waals surface area contributed by atoms with Gasteiger partial charge in [-0.15, -0.1) is 0 Å². The number of halogens is 1. The van der Waals surface area contributed by atoms with Gasteiger partial charge >= 0.3 is 5.97 Å². The number of hydrogen-bond donors (Lipinski definition) is 1. The average molecular weight is 494 g/mol. The molecule has 3 aromatic carbocycles. The number of carbonyl (C=O) groups is 2. The van der Waals surface area contributed by atoms with Gasteiger partial charge in [-0.2, -0.15) is 0 Å². The van der Waals surface area contributed by atoms with Crippen LogP contribution in [0.3, 0.4) is 0 Å². The molecule has 1 aromatic heterocycles. The molecule has 7 nitrogen and oxygen atoms in total. The number of anilines is 1. The van der Waals surface area contributed by atoms with Crippen LogP contribution in [-0.4, -0.2) is 34.3 Å². The molecule has 0 aliphatic rings. The van der Waals surface area contributed by atoms with Crippen molar-refractivity contribution in [3.05, 3.63) is 93.2 Å². The Balaban J connectivity index is 1.71. The van der Waals surface area contributed by atoms with Gasteiger partial charge in [0, 0.05) is 10.7 Å². The third-order valence-electron chi connectivity index (χ3n) is 5.08. The van der Waals surface area contributed by atoms with Gasteiger partial charge in [-0.05, 0) is 55.0 Å². The molecule has 4 rings (SSSR count). The largest absolute Gasteiger partial charge is 0.465 e. The van der Waals surface area contributed by atoms with E-state index < -0.39 is 5.97 Å². The topological polar surface area (TPSA) is 90.3 Å². The van der Waals surface area contributed by atoms with Crippen LogP contribution in [0.2, 0.25) is 5.02 Å². The van der Waals surface area contributed by atoms with Crippen molar-refractivity contribution in [2.45, 2.75) is 12.1 Å². The van der Waals surface area contributed by atoms with Gasteiger partial charge < -0.3 is 10.1 Å². The van der Waals surface area contributed by atoms with E-state index in [9.17, 15) is 14.4 Å². The molecule has 0 atom stereocenters. The molecule has 0 saturated carbocycles. The number of rotatable bonds is 6. The Hall–Kier alpha value is -3.62. The second-order valence-corrected chi connectivity index (χ2v) is 8.77. The van der Waals surface area contributed by atoms with Crippen molar-refractivity contribution in [2.75, 3.05) is 18.2 Å². The molecule has 0 fully saturated rings. The van der Waals surface area contributed by atoms with Crippen molar-refractivity contribution in [3.63, 3.8) is 0 Å². The van der Waals surface area contributed by atoms with Gasteiger partial charge in [0.05, 0.1) is 35.0 Å². The second kappa shape index (κ2) is 10.1. The van der Waals surface area contributed by atoms with Gasteiger partial charge in [0.15, 0.2) is 5.16 Å². The van der Waals surface area contributed by atoms with Crippen molar-refractivity contribution in [1.29, 1.82) is 0 Å². The van der Waals surface area contributed by atoms with Crippen molar-refractivity contribution in [2.24, 2.45) is 0 Å². The Morgan fingerprint density at radius 3 is 2.59 bits per heavy atom. The molecule has 1 heterocycles. The Morgan fingerprint density at radius 2 is 1.85 bits per heavy atom. The number of hydrogen-bond acceptors (Lipinski definition) is 6. The summed E-state index contributed by atoms with van der Waals surface area (Å²) in [6, 6.07) is 18.9. The summed E-state index contributed by atoms with van der Waals surface area (Å²) in [6.07, 6.45) is 0. The number of methoxy groups -OCH3 is 1. The molecule has 34 heavy (non-hydrogen) atoms. The van der Waals surface area contributed by atoms with Gasteiger partial charge in [0.1, 0.15) is 0 Å². The quantitative estimate of drug-likeness (QED) is 0.234. The van der Waals surface area contributed by atoms with Crippen molar-refractivity contribution in [3.8, 4) is 5.69 Å². The lowest BCUT2D eigenvalue weighted by Gasteiger charge is -2.14. The first kappa shape index (κ1) is 23.5. The number of esters is 1. The zero-order valence-corrected chi connectivity index (χ0v) is 19.9. The van der Waals surface area contributed by atoms with Crippen LogP contribution < -0.4 is 10.9 Å². The van der Waals surface area contributed by atoms with Crippen molar-refractivity contribution < 1.29 is 14.3 Å². The van der Waals surface area contributed by atoms with Crippen LogP contribution in [-0.2, 0) is 9.53 Å². The minimum Gasteiger partial charge on any atom is -0.465 e. The molecule has 0 bridgehead atoms. The van der Waals surface area contributed by atoms with Gasteiger partial charge in [-0.3, -0.25) is 14.2 Å². The number of thioether (sulfide) groups is 1. The van der Waals surface area contributed by atoms with Crippen molar-refractivity contribution in [1.82, 2.24) is 9.55 Å². The van der Waals surface area contributed by atoms with Gasteiger partial charge in [0.25, 0.3) is 5.56 Å². The molecule has 0 unspecified atom stereocenters. The number of benzene rings is 3. The highest BCUT2D eigenvalue weighted by Gasteiger charge is 2.17. The summed E-state index contributed by atoms with van der Waals surface area (Å²) in [5.41, 5.74) is 2.43. The molecule has 0 aliphatic heterocycles. The van der Waals surface area contributed by atoms with Gasteiger partial charge in [-0.1, -0.05) is 47.6 Å². The number of ether oxygens (including phenoxy) is 1. The number of para-hydroxylation sites is 1. The number of carbonyl (C=O) groups excluding carboxylic acids is 2. The standard InChI is InChI=1S/C25H20ClN3O4S/c1-15-8-10-17(26)13-20(15)27-22(30)14-34-25-28-21-12-16(24(32)33-2)9-11-19(21)23(31)29(25)18-6-4-3-5-7-18/h3-13H,14H2,1-2H3,(H,27,30). The van der Waals surface area contributed by atoms with Crippen LogP contribution in [0, 0.1) is 6.92 Å². The minimum atomic E-state index is -0.526. The number of nitrogens with one attached hydrogen (secondary N) is 1. The lowest BCUT2D eigenvalue weighted by atomic mass is 10.1. The molecule has 0 spiro atoms. The van der Waals surface area contributed by atoms with E-state index >= 15 is 0 Å². The number of nitrogens with zero attached hydrogens (tertiary/aromatic N) is 2. The predicted octanol–water partition coefficient (Wildman–Crippen LogP) is 4.86. The third kappa shape index (κ3) is 4.98. The summed E-state index contributed by atoms with van der Waals surface area (Å²) in [5, 5.41) is 4.03. The highest BCUT2D eigenvalue weighted by molar-refractivity contribution is 7.99. The van der Waals surface area contributed by atoms with E-state index in [1.165, 1.54) is 23.8 Å². The zero-order valence-electron chi connectivity index (χ0n) is 18.4. The Morgan fingerprint density at radius 1 is 1.09 bits per heavy atom. The molecular weight excluding hydrogens is 474 g/mol. The Kier molecular flexibility index (Phi) is 7.00. The number of fused-ring (bicyclic) bond motifs is 1. The summed E-state index contributed by atoms with van der Waals surface area (Å²) in [4.78, 5) is 42.6. The average Bonchev–Trinajstić information content (AvgIpc) is 2.84. The fourth-order valence-electron chi connectivity index (χ4n) is 3.36. The van der Waals surface area contributed by atoms with E-state index in [1.54, 1.807) is 30.3 Å². The highest BCUT2D eigenvalue weighted by atomic mass is 35.5. The smallest absolute Gasteiger partial charge is 0.337 e. The first-order valence-corrected chi connectivity index (χ1v) is 11.6. The summed E-state index contributed by atoms with van der Waals surface area (Å²) < 4.78 is 6.24. The van der Waals surface area contributed by atoms with Gasteiger partial charge in [-0.25, -0.2) is 9.78 Å². The fourth-order valence-corrected chi connectivity index (χ4v) is 4.34. The normalized spacial score (nSPS) is 10.8. The molecular formula is C25H20ClN3O4S. The van der Waals surface area contributed by atoms with Crippen LogP contribution in [0.4, 0.5) is 5.69 Å². The second-order valence-electron chi connectivity index (χ2n) is 7.39. The monoisotopic (exact) mass is 493 g/mol. The van der Waals surface area contributed by atoms with Crippen molar-refractivity contribution >= 4 is 51.8 Å². The fraction of sp³-hybridized carbons (Fsp3) is 0.120. The predicted molar refractivity (Wildman–Crippen MR) is 134 cm³/mol. The number of aromatic nitrogens is 2.